The van der Waals surface area contributed by atoms with Crippen molar-refractivity contribution in [3.8, 4) is 0 Å². The van der Waals surface area contributed by atoms with Gasteiger partial charge >= 0.3 is 0 Å². The second kappa shape index (κ2) is 10.8. The van der Waals surface area contributed by atoms with Gasteiger partial charge in [-0.3, -0.25) is 14.0 Å². The maximum atomic E-state index is 13.3. The molecular formula is C25H27ClFN3O4S. The molecular weight excluding hydrogens is 493 g/mol. The van der Waals surface area contributed by atoms with Crippen LogP contribution in [0.2, 0.25) is 5.02 Å². The monoisotopic (exact) mass is 519 g/mol. The van der Waals surface area contributed by atoms with Crippen LogP contribution in [-0.2, 0) is 10.0 Å². The zero-order valence-electron chi connectivity index (χ0n) is 19.3. The fourth-order valence-electron chi connectivity index (χ4n) is 4.19. The molecule has 1 aliphatic heterocycles. The summed E-state index contributed by atoms with van der Waals surface area (Å²) in [5.41, 5.74) is 0.340. The summed E-state index contributed by atoms with van der Waals surface area (Å²) in [6.45, 7) is 2.10. The van der Waals surface area contributed by atoms with Crippen LogP contribution in [0.25, 0.3) is 0 Å². The molecule has 1 aliphatic rings. The van der Waals surface area contributed by atoms with Crippen LogP contribution in [0.3, 0.4) is 0 Å². The van der Waals surface area contributed by atoms with E-state index in [-0.39, 0.29) is 33.8 Å². The first-order chi connectivity index (χ1) is 16.8. The number of nitrogens with one attached hydrogen (secondary N) is 1. The summed E-state index contributed by atoms with van der Waals surface area (Å²) in [6.07, 6.45) is 4.95. The fraction of sp³-hybridized carbons (Fsp3) is 0.320. The van der Waals surface area contributed by atoms with Crippen LogP contribution in [-0.4, -0.2) is 45.9 Å². The van der Waals surface area contributed by atoms with Crippen molar-refractivity contribution in [1.82, 2.24) is 10.2 Å². The molecule has 7 nitrogen and oxygen atoms in total. The van der Waals surface area contributed by atoms with Gasteiger partial charge in [0.25, 0.3) is 15.9 Å². The second-order valence-corrected chi connectivity index (χ2v) is 10.8. The van der Waals surface area contributed by atoms with Crippen LogP contribution in [0.1, 0.15) is 41.4 Å². The summed E-state index contributed by atoms with van der Waals surface area (Å²) in [6, 6.07) is 12.6. The van der Waals surface area contributed by atoms with Gasteiger partial charge in [0.1, 0.15) is 11.6 Å². The van der Waals surface area contributed by atoms with E-state index in [0.29, 0.717) is 0 Å². The first-order valence-electron chi connectivity index (χ1n) is 11.4. The number of carbonyl (C=O) groups excluding carboxylic acids is 1. The van der Waals surface area contributed by atoms with Crippen LogP contribution in [0.15, 0.2) is 70.2 Å². The number of carbonyl (C=O) groups is 1. The zero-order valence-corrected chi connectivity index (χ0v) is 20.9. The zero-order chi connectivity index (χ0) is 25.0. The van der Waals surface area contributed by atoms with Crippen LogP contribution in [0.5, 0.6) is 0 Å². The van der Waals surface area contributed by atoms with Crippen LogP contribution >= 0.6 is 11.6 Å². The number of hydrogen-bond acceptors (Lipinski definition) is 5. The Bertz CT molecular complexity index is 1260. The molecule has 0 spiro atoms. The van der Waals surface area contributed by atoms with Crippen molar-refractivity contribution in [2.75, 3.05) is 31.0 Å². The van der Waals surface area contributed by atoms with E-state index >= 15 is 0 Å². The van der Waals surface area contributed by atoms with Gasteiger partial charge in [0, 0.05) is 13.6 Å². The van der Waals surface area contributed by atoms with Crippen molar-refractivity contribution in [2.45, 2.75) is 30.2 Å². The molecule has 0 radical (unpaired) electrons. The average molecular weight is 520 g/mol. The highest BCUT2D eigenvalue weighted by molar-refractivity contribution is 7.92. The van der Waals surface area contributed by atoms with Crippen molar-refractivity contribution >= 4 is 33.2 Å². The summed E-state index contributed by atoms with van der Waals surface area (Å²) < 4.78 is 46.2. The molecule has 2 aromatic carbocycles. The molecule has 1 unspecified atom stereocenters. The molecule has 10 heteroatoms. The number of likely N-dealkylation sites (tertiary alicyclic amines) is 1. The molecule has 35 heavy (non-hydrogen) atoms. The summed E-state index contributed by atoms with van der Waals surface area (Å²) in [5.74, 6) is -0.192. The largest absolute Gasteiger partial charge is 0.468 e. The molecule has 1 saturated heterocycles. The lowest BCUT2D eigenvalue weighted by atomic mass is 10.1. The molecule has 4 rings (SSSR count). The third-order valence-corrected chi connectivity index (χ3v) is 8.30. The van der Waals surface area contributed by atoms with Crippen molar-refractivity contribution in [3.05, 3.63) is 83.0 Å². The quantitative estimate of drug-likeness (QED) is 0.460. The van der Waals surface area contributed by atoms with Crippen LogP contribution < -0.4 is 9.62 Å². The Balaban J connectivity index is 1.53. The van der Waals surface area contributed by atoms with Gasteiger partial charge in [0.2, 0.25) is 0 Å². The SMILES string of the molecule is CN(c1ccc(F)cc1)S(=O)(=O)c1ccc(Cl)c(C(=O)NCC(c2ccco2)N2CCCCC2)c1. The predicted molar refractivity (Wildman–Crippen MR) is 133 cm³/mol. The highest BCUT2D eigenvalue weighted by Gasteiger charge is 2.27. The standard InChI is InChI=1S/C25H27ClFN3O4S/c1-29(19-9-7-18(27)8-10-19)35(32,33)20-11-12-22(26)21(16-20)25(31)28-17-23(24-6-5-15-34-24)30-13-3-2-4-14-30/h5-12,15-16,23H,2-4,13-14,17H2,1H3,(H,28,31). The van der Waals surface area contributed by atoms with E-state index in [1.165, 1.54) is 55.9 Å². The Morgan fingerprint density at radius 3 is 2.51 bits per heavy atom. The smallest absolute Gasteiger partial charge is 0.264 e. The lowest BCUT2D eigenvalue weighted by Crippen LogP contribution is -2.40. The van der Waals surface area contributed by atoms with E-state index in [4.69, 9.17) is 16.0 Å². The van der Waals surface area contributed by atoms with E-state index in [0.717, 1.165) is 36.0 Å². The molecule has 1 aromatic heterocycles. The van der Waals surface area contributed by atoms with Gasteiger partial charge in [-0.25, -0.2) is 12.8 Å². The molecule has 0 aliphatic carbocycles. The average Bonchev–Trinajstić information content (AvgIpc) is 3.39. The van der Waals surface area contributed by atoms with E-state index < -0.39 is 21.7 Å². The number of anilines is 1. The van der Waals surface area contributed by atoms with Crippen molar-refractivity contribution < 1.29 is 22.0 Å². The Morgan fingerprint density at radius 2 is 1.86 bits per heavy atom. The minimum Gasteiger partial charge on any atom is -0.468 e. The van der Waals surface area contributed by atoms with Gasteiger partial charge in [-0.05, 0) is 80.5 Å². The van der Waals surface area contributed by atoms with Gasteiger partial charge in [0.05, 0.1) is 33.5 Å². The van der Waals surface area contributed by atoms with Crippen LogP contribution in [0.4, 0.5) is 10.1 Å². The second-order valence-electron chi connectivity index (χ2n) is 8.43. The fourth-order valence-corrected chi connectivity index (χ4v) is 5.62. The van der Waals surface area contributed by atoms with Crippen molar-refractivity contribution in [2.24, 2.45) is 0 Å². The number of furan rings is 1. The van der Waals surface area contributed by atoms with E-state index in [1.54, 1.807) is 6.26 Å². The lowest BCUT2D eigenvalue weighted by Gasteiger charge is -2.33. The number of hydrogen-bond donors (Lipinski definition) is 1. The minimum absolute atomic E-state index is 0.0529. The summed E-state index contributed by atoms with van der Waals surface area (Å²) in [4.78, 5) is 15.3. The maximum absolute atomic E-state index is 13.3. The molecule has 0 saturated carbocycles. The third kappa shape index (κ3) is 5.69. The van der Waals surface area contributed by atoms with Crippen molar-refractivity contribution in [1.29, 1.82) is 0 Å². The van der Waals surface area contributed by atoms with Crippen molar-refractivity contribution in [3.63, 3.8) is 0 Å². The van der Waals surface area contributed by atoms with Gasteiger partial charge in [-0.2, -0.15) is 0 Å². The predicted octanol–water partition coefficient (Wildman–Crippen LogP) is 4.85. The molecule has 3 aromatic rings. The van der Waals surface area contributed by atoms with Gasteiger partial charge in [-0.1, -0.05) is 18.0 Å². The summed E-state index contributed by atoms with van der Waals surface area (Å²) in [5, 5.41) is 3.03. The number of amides is 1. The molecule has 1 amide bonds. The molecule has 2 heterocycles. The van der Waals surface area contributed by atoms with Gasteiger partial charge in [0.15, 0.2) is 0 Å². The molecule has 0 bridgehead atoms. The normalized spacial score (nSPS) is 15.5. The Hall–Kier alpha value is -2.88. The summed E-state index contributed by atoms with van der Waals surface area (Å²) >= 11 is 6.28. The molecule has 1 N–H and O–H groups in total. The summed E-state index contributed by atoms with van der Waals surface area (Å²) in [7, 11) is -2.65. The van der Waals surface area contributed by atoms with Gasteiger partial charge < -0.3 is 9.73 Å². The number of benzene rings is 2. The first-order valence-corrected chi connectivity index (χ1v) is 13.2. The molecule has 1 fully saturated rings. The Kier molecular flexibility index (Phi) is 7.78. The molecule has 1 atom stereocenters. The topological polar surface area (TPSA) is 82.9 Å². The van der Waals surface area contributed by atoms with Crippen LogP contribution in [0, 0.1) is 5.82 Å². The number of nitrogens with zero attached hydrogens (tertiary/aromatic N) is 2. The Morgan fingerprint density at radius 1 is 1.14 bits per heavy atom. The highest BCUT2D eigenvalue weighted by atomic mass is 35.5. The maximum Gasteiger partial charge on any atom is 0.264 e. The first kappa shape index (κ1) is 25.2. The lowest BCUT2D eigenvalue weighted by molar-refractivity contribution is 0.0914. The van der Waals surface area contributed by atoms with E-state index in [9.17, 15) is 17.6 Å². The third-order valence-electron chi connectivity index (χ3n) is 6.19. The van der Waals surface area contributed by atoms with Gasteiger partial charge in [-0.15, -0.1) is 0 Å². The highest BCUT2D eigenvalue weighted by Crippen LogP contribution is 2.27. The number of piperidine rings is 1. The van der Waals surface area contributed by atoms with E-state index in [2.05, 4.69) is 10.2 Å². The number of halogens is 2. The number of sulfonamides is 1. The Labute approximate surface area is 209 Å². The van der Waals surface area contributed by atoms with E-state index in [1.807, 2.05) is 12.1 Å². The number of rotatable bonds is 8. The molecule has 186 valence electrons. The minimum atomic E-state index is -4.01.